The van der Waals surface area contributed by atoms with Crippen molar-refractivity contribution in [3.8, 4) is 28.2 Å². The van der Waals surface area contributed by atoms with Gasteiger partial charge in [0.25, 0.3) is 0 Å². The van der Waals surface area contributed by atoms with E-state index < -0.39 is 5.97 Å². The number of carbonyl (C=O) groups is 3. The molecule has 4 aromatic rings. The Morgan fingerprint density at radius 1 is 0.681 bits per heavy atom. The second kappa shape index (κ2) is 16.2. The first-order valence-corrected chi connectivity index (χ1v) is 17.4. The standard InChI is InChI=1S/C20H9Br2O5.C14H8O2.Hg.2Na.H2O/c21-13-5-11-17(7-15(13)23)27-18-8-16(24)14(22)6-12(18)19(11)9-3-1-2-4-10(9)20(25)26;15-13-9-5-1-2-6-10(9)14(16)12-8-4-3-7-11(12)13;;;;/h1-7,24H,(H,25,26);1-8H;;;;1H2/q;;;2*+1;/p-2. The maximum atomic E-state index is 12.4. The van der Waals surface area contributed by atoms with Crippen molar-refractivity contribution < 1.29 is 120 Å². The van der Waals surface area contributed by atoms with Crippen LogP contribution < -0.4 is 77.8 Å². The number of ketones is 2. The number of hydrogen-bond donors (Lipinski definition) is 0. The fourth-order valence-corrected chi connectivity index (χ4v) is 8.84. The van der Waals surface area contributed by atoms with Gasteiger partial charge in [0.2, 0.25) is 0 Å². The van der Waals surface area contributed by atoms with E-state index in [0.717, 1.165) is 0 Å². The average molecular weight is 960 g/mol. The molecule has 13 heteroatoms. The van der Waals surface area contributed by atoms with Crippen LogP contribution in [0.2, 0.25) is 0 Å². The molecule has 0 atom stereocenters. The van der Waals surface area contributed by atoms with Gasteiger partial charge in [0, 0.05) is 22.3 Å². The van der Waals surface area contributed by atoms with Gasteiger partial charge in [-0.1, -0.05) is 48.5 Å². The van der Waals surface area contributed by atoms with E-state index in [1.165, 1.54) is 12.1 Å². The van der Waals surface area contributed by atoms with Crippen molar-refractivity contribution >= 4 is 63.4 Å². The molecule has 0 unspecified atom stereocenters. The Hall–Kier alpha value is -1.96. The van der Waals surface area contributed by atoms with E-state index in [9.17, 15) is 29.4 Å². The number of aromatic carboxylic acids is 1. The quantitative estimate of drug-likeness (QED) is 0.148. The third kappa shape index (κ3) is 7.33. The van der Waals surface area contributed by atoms with Crippen LogP contribution in [0.1, 0.15) is 42.2 Å². The van der Waals surface area contributed by atoms with E-state index in [1.54, 1.807) is 78.9 Å². The average Bonchev–Trinajstić information content (AvgIpc) is 3.03. The molecule has 7 rings (SSSR count). The molecule has 47 heavy (non-hydrogen) atoms. The van der Waals surface area contributed by atoms with Crippen LogP contribution in [0, 0.1) is 0 Å². The summed E-state index contributed by atoms with van der Waals surface area (Å²) in [5, 5.41) is 24.8. The van der Waals surface area contributed by atoms with Gasteiger partial charge in [0.15, 0.2) is 11.6 Å². The number of rotatable bonds is 2. The number of carboxylic acid groups (broad SMARTS) is 1. The molecule has 0 fully saturated rings. The summed E-state index contributed by atoms with van der Waals surface area (Å²) in [6.45, 7) is 0. The van der Waals surface area contributed by atoms with Gasteiger partial charge in [-0.05, 0) is 0 Å². The van der Waals surface area contributed by atoms with E-state index in [-0.39, 0.29) is 125 Å². The zero-order chi connectivity index (χ0) is 31.3. The van der Waals surface area contributed by atoms with Gasteiger partial charge in [-0.25, -0.2) is 0 Å². The maximum absolute atomic E-state index is 12.4. The van der Waals surface area contributed by atoms with Crippen LogP contribution in [-0.2, 0) is 26.1 Å². The Morgan fingerprint density at radius 2 is 1.15 bits per heavy atom. The molecule has 0 saturated heterocycles. The fraction of sp³-hybridized carbons (Fsp3) is 0. The van der Waals surface area contributed by atoms with E-state index >= 15 is 0 Å². The second-order valence-electron chi connectivity index (χ2n) is 9.88. The molecule has 219 valence electrons. The summed E-state index contributed by atoms with van der Waals surface area (Å²) in [7, 11) is 0. The monoisotopic (exact) mass is 959 g/mol. The zero-order valence-corrected chi connectivity index (χ0v) is 37.7. The number of halogens is 2. The molecule has 0 amide bonds. The minimum Gasteiger partial charge on any atom is -0.289 e. The Kier molecular flexibility index (Phi) is 13.6. The first-order chi connectivity index (χ1) is 21.1. The van der Waals surface area contributed by atoms with Gasteiger partial charge in [-0.2, -0.15) is 0 Å². The smallest absolute Gasteiger partial charge is 0.289 e. The Morgan fingerprint density at radius 3 is 1.64 bits per heavy atom. The van der Waals surface area contributed by atoms with Gasteiger partial charge in [0.05, 0.1) is 0 Å². The van der Waals surface area contributed by atoms with Gasteiger partial charge in [-0.3, -0.25) is 9.59 Å². The molecule has 0 bridgehead atoms. The first kappa shape index (κ1) is 39.5. The zero-order valence-electron chi connectivity index (χ0n) is 25.0. The van der Waals surface area contributed by atoms with Gasteiger partial charge >= 0.3 is 252 Å². The van der Waals surface area contributed by atoms with Crippen LogP contribution in [-0.4, -0.2) is 23.0 Å². The van der Waals surface area contributed by atoms with E-state index in [4.69, 9.17) is 4.42 Å². The maximum Gasteiger partial charge on any atom is 1.00 e. The SMILES string of the molecule is O.O=C([O-])c1ccccc1-c1c2cc(Br)c(=O)cc-2oc2[c]([Hg])c([O-])c(Br)cc12.O=C1c2ccccc2C(=O)c2ccccc21.[Na+].[Na+]. The molecule has 0 radical (unpaired) electrons. The van der Waals surface area contributed by atoms with Crippen molar-refractivity contribution in [2.75, 3.05) is 0 Å². The Labute approximate surface area is 345 Å². The van der Waals surface area contributed by atoms with Crippen molar-refractivity contribution in [3.05, 3.63) is 138 Å². The van der Waals surface area contributed by atoms with Crippen LogP contribution >= 0.6 is 31.9 Å². The summed E-state index contributed by atoms with van der Waals surface area (Å²) in [6.07, 6.45) is 0. The number of carbonyl (C=O) groups excluding carboxylic acids is 3. The normalized spacial score (nSPS) is 11.2. The van der Waals surface area contributed by atoms with E-state index in [1.807, 2.05) is 0 Å². The minimum absolute atomic E-state index is 0. The molecule has 1 heterocycles. The van der Waals surface area contributed by atoms with Crippen LogP contribution in [0.3, 0.4) is 0 Å². The van der Waals surface area contributed by atoms with Crippen molar-refractivity contribution in [2.45, 2.75) is 0 Å². The van der Waals surface area contributed by atoms with Crippen LogP contribution in [0.25, 0.3) is 33.4 Å². The van der Waals surface area contributed by atoms with Gasteiger partial charge < -0.3 is 5.48 Å². The molecule has 1 aliphatic heterocycles. The molecular weight excluding hydrogens is 943 g/mol. The molecular formula is C34H17Br2HgNa2O8. The van der Waals surface area contributed by atoms with Crippen molar-refractivity contribution in [3.63, 3.8) is 0 Å². The van der Waals surface area contributed by atoms with Crippen LogP contribution in [0.4, 0.5) is 0 Å². The summed E-state index contributed by atoms with van der Waals surface area (Å²) < 4.78 is 7.22. The van der Waals surface area contributed by atoms with Gasteiger partial charge in [-0.15, -0.1) is 0 Å². The molecule has 0 saturated carbocycles. The second-order valence-corrected chi connectivity index (χ2v) is 14.3. The molecule has 2 N–H and O–H groups in total. The predicted octanol–water partition coefficient (Wildman–Crippen LogP) is -1.66. The number of carboxylic acids is 1. The largest absolute Gasteiger partial charge is 1.00 e. The molecule has 0 spiro atoms. The van der Waals surface area contributed by atoms with E-state index in [2.05, 4.69) is 31.9 Å². The van der Waals surface area contributed by atoms with Crippen molar-refractivity contribution in [1.82, 2.24) is 0 Å². The predicted molar refractivity (Wildman–Crippen MR) is 167 cm³/mol. The Bertz CT molecular complexity index is 2130. The molecule has 3 aliphatic rings. The summed E-state index contributed by atoms with van der Waals surface area (Å²) in [4.78, 5) is 48.1. The number of hydrogen-bond acceptors (Lipinski definition) is 7. The first-order valence-electron chi connectivity index (χ1n) is 13.1. The molecule has 0 aromatic heterocycles. The number of benzene rings is 5. The third-order valence-electron chi connectivity index (χ3n) is 7.31. The summed E-state index contributed by atoms with van der Waals surface area (Å²) in [5.41, 5.74) is 3.71. The third-order valence-corrected chi connectivity index (χ3v) is 11.0. The summed E-state index contributed by atoms with van der Waals surface area (Å²) in [5.74, 6) is -1.31. The van der Waals surface area contributed by atoms with Crippen LogP contribution in [0.15, 0.2) is 109 Å². The Balaban J connectivity index is 0.000000271. The van der Waals surface area contributed by atoms with E-state index in [0.29, 0.717) is 61.9 Å². The fourth-order valence-electron chi connectivity index (χ4n) is 5.26. The minimum atomic E-state index is -1.31. The molecule has 4 aromatic carbocycles. The molecule has 2 aliphatic carbocycles. The summed E-state index contributed by atoms with van der Waals surface area (Å²) in [6, 6.07) is 25.0. The van der Waals surface area contributed by atoms with Gasteiger partial charge in [0.1, 0.15) is 0 Å². The van der Waals surface area contributed by atoms with Crippen molar-refractivity contribution in [2.24, 2.45) is 0 Å². The van der Waals surface area contributed by atoms with Crippen molar-refractivity contribution in [1.29, 1.82) is 0 Å². The molecule has 8 nitrogen and oxygen atoms in total. The summed E-state index contributed by atoms with van der Waals surface area (Å²) >= 11 is 6.47. The number of fused-ring (bicyclic) bond motifs is 4. The van der Waals surface area contributed by atoms with Crippen LogP contribution in [0.5, 0.6) is 5.75 Å². The topological polar surface area (TPSA) is 159 Å².